The van der Waals surface area contributed by atoms with Crippen LogP contribution in [0.2, 0.25) is 0 Å². The second-order valence-electron chi connectivity index (χ2n) is 6.77. The van der Waals surface area contributed by atoms with Gasteiger partial charge < -0.3 is 10.8 Å². The molecule has 0 aliphatic rings. The lowest BCUT2D eigenvalue weighted by Gasteiger charge is -2.34. The van der Waals surface area contributed by atoms with Gasteiger partial charge in [-0.15, -0.1) is 11.8 Å². The van der Waals surface area contributed by atoms with Gasteiger partial charge in [0.15, 0.2) is 0 Å². The van der Waals surface area contributed by atoms with Crippen LogP contribution < -0.4 is 5.73 Å². The predicted octanol–water partition coefficient (Wildman–Crippen LogP) is 3.78. The zero-order valence-corrected chi connectivity index (χ0v) is 16.8. The molecule has 3 amide bonds. The molecule has 0 aliphatic carbocycles. The lowest BCUT2D eigenvalue weighted by molar-refractivity contribution is 0.0618. The van der Waals surface area contributed by atoms with Gasteiger partial charge in [0.05, 0.1) is 10.6 Å². The van der Waals surface area contributed by atoms with E-state index < -0.39 is 23.4 Å². The van der Waals surface area contributed by atoms with Crippen molar-refractivity contribution in [1.82, 2.24) is 9.88 Å². The average Bonchev–Trinajstić information content (AvgIpc) is 2.66. The third-order valence-electron chi connectivity index (χ3n) is 4.43. The molecule has 0 spiro atoms. The van der Waals surface area contributed by atoms with Crippen molar-refractivity contribution in [3.05, 3.63) is 59.3 Å². The van der Waals surface area contributed by atoms with Crippen molar-refractivity contribution in [3.63, 3.8) is 0 Å². The van der Waals surface area contributed by atoms with Gasteiger partial charge in [0.1, 0.15) is 5.69 Å². The molecule has 0 radical (unpaired) electrons. The van der Waals surface area contributed by atoms with E-state index >= 15 is 0 Å². The summed E-state index contributed by atoms with van der Waals surface area (Å²) in [6.45, 7) is 5.18. The number of benzene rings is 1. The maximum atomic E-state index is 13.0. The van der Waals surface area contributed by atoms with Crippen LogP contribution in [0, 0.1) is 0 Å². The van der Waals surface area contributed by atoms with Gasteiger partial charge in [-0.25, -0.2) is 14.6 Å². The molecule has 2 aromatic rings. The van der Waals surface area contributed by atoms with Crippen LogP contribution in [0.4, 0.5) is 4.79 Å². The molecule has 1 aromatic heterocycles. The van der Waals surface area contributed by atoms with E-state index in [0.717, 1.165) is 10.5 Å². The number of pyridine rings is 1. The second-order valence-corrected chi connectivity index (χ2v) is 7.77. The number of nitrogens with two attached hydrogens (primary N) is 1. The first-order valence-corrected chi connectivity index (χ1v) is 9.71. The highest BCUT2D eigenvalue weighted by Gasteiger charge is 2.36. The van der Waals surface area contributed by atoms with E-state index in [1.54, 1.807) is 26.8 Å². The number of urea groups is 1. The number of aromatic nitrogens is 1. The van der Waals surface area contributed by atoms with Crippen molar-refractivity contribution in [2.45, 2.75) is 43.5 Å². The van der Waals surface area contributed by atoms with Crippen LogP contribution in [-0.2, 0) is 5.75 Å². The highest BCUT2D eigenvalue weighted by Crippen LogP contribution is 2.26. The Labute approximate surface area is 167 Å². The van der Waals surface area contributed by atoms with E-state index in [4.69, 9.17) is 5.73 Å². The van der Waals surface area contributed by atoms with Crippen molar-refractivity contribution >= 4 is 29.7 Å². The maximum Gasteiger partial charge on any atom is 0.338 e. The van der Waals surface area contributed by atoms with E-state index in [1.807, 2.05) is 30.3 Å². The van der Waals surface area contributed by atoms with Crippen LogP contribution in [-0.4, -0.2) is 38.4 Å². The SMILES string of the molecule is CCC(C)(C)N(C(N)=O)C(=O)c1nc(SCc2ccccc2)ccc1C(=O)O. The summed E-state index contributed by atoms with van der Waals surface area (Å²) < 4.78 is 0. The number of nitrogens with zero attached hydrogens (tertiary/aromatic N) is 2. The first-order valence-electron chi connectivity index (χ1n) is 8.72. The second kappa shape index (κ2) is 8.88. The fourth-order valence-electron chi connectivity index (χ4n) is 2.53. The van der Waals surface area contributed by atoms with E-state index in [9.17, 15) is 19.5 Å². The van der Waals surface area contributed by atoms with Crippen molar-refractivity contribution in [3.8, 4) is 0 Å². The van der Waals surface area contributed by atoms with Crippen molar-refractivity contribution in [2.75, 3.05) is 0 Å². The average molecular weight is 401 g/mol. The molecule has 0 saturated carbocycles. The number of primary amides is 1. The summed E-state index contributed by atoms with van der Waals surface area (Å²) in [5.74, 6) is -1.51. The maximum absolute atomic E-state index is 13.0. The van der Waals surface area contributed by atoms with Crippen LogP contribution in [0.3, 0.4) is 0 Å². The monoisotopic (exact) mass is 401 g/mol. The molecule has 0 fully saturated rings. The minimum Gasteiger partial charge on any atom is -0.478 e. The van der Waals surface area contributed by atoms with Gasteiger partial charge in [0.25, 0.3) is 5.91 Å². The number of thioether (sulfide) groups is 1. The lowest BCUT2D eigenvalue weighted by atomic mass is 9.98. The smallest absolute Gasteiger partial charge is 0.338 e. The van der Waals surface area contributed by atoms with Crippen LogP contribution in [0.25, 0.3) is 0 Å². The molecule has 1 aromatic carbocycles. The number of carboxylic acids is 1. The Bertz CT molecular complexity index is 884. The minimum absolute atomic E-state index is 0.271. The Balaban J connectivity index is 2.40. The zero-order valence-electron chi connectivity index (χ0n) is 16.0. The largest absolute Gasteiger partial charge is 0.478 e. The molecule has 0 bridgehead atoms. The molecule has 28 heavy (non-hydrogen) atoms. The van der Waals surface area contributed by atoms with E-state index in [2.05, 4.69) is 4.98 Å². The lowest BCUT2D eigenvalue weighted by Crippen LogP contribution is -2.53. The van der Waals surface area contributed by atoms with Crippen molar-refractivity contribution < 1.29 is 19.5 Å². The Kier molecular flexibility index (Phi) is 6.80. The summed E-state index contributed by atoms with van der Waals surface area (Å²) in [7, 11) is 0. The number of hydrogen-bond acceptors (Lipinski definition) is 5. The Morgan fingerprint density at radius 3 is 2.32 bits per heavy atom. The van der Waals surface area contributed by atoms with E-state index in [0.29, 0.717) is 17.2 Å². The molecule has 148 valence electrons. The third-order valence-corrected chi connectivity index (χ3v) is 5.43. The highest BCUT2D eigenvalue weighted by atomic mass is 32.2. The molecule has 2 rings (SSSR count). The van der Waals surface area contributed by atoms with Gasteiger partial charge in [0.2, 0.25) is 0 Å². The Morgan fingerprint density at radius 2 is 1.79 bits per heavy atom. The standard InChI is InChI=1S/C20H23N3O4S/c1-4-20(2,3)23(19(21)27)17(24)16-14(18(25)26)10-11-15(22-16)28-12-13-8-6-5-7-9-13/h5-11H,4,12H2,1-3H3,(H2,21,27)(H,25,26). The molecular weight excluding hydrogens is 378 g/mol. The van der Waals surface area contributed by atoms with E-state index in [-0.39, 0.29) is 11.3 Å². The van der Waals surface area contributed by atoms with Crippen molar-refractivity contribution in [2.24, 2.45) is 5.73 Å². The van der Waals surface area contributed by atoms with E-state index in [1.165, 1.54) is 17.8 Å². The Hall–Kier alpha value is -2.87. The number of carbonyl (C=O) groups is 3. The van der Waals surface area contributed by atoms with Gasteiger partial charge in [-0.05, 0) is 38.0 Å². The summed E-state index contributed by atoms with van der Waals surface area (Å²) in [4.78, 5) is 41.7. The summed E-state index contributed by atoms with van der Waals surface area (Å²) >= 11 is 1.37. The number of rotatable bonds is 7. The molecular formula is C20H23N3O4S. The molecule has 1 heterocycles. The van der Waals surface area contributed by atoms with Crippen LogP contribution in [0.5, 0.6) is 0 Å². The molecule has 0 saturated heterocycles. The Morgan fingerprint density at radius 1 is 1.14 bits per heavy atom. The molecule has 7 nitrogen and oxygen atoms in total. The normalized spacial score (nSPS) is 11.1. The van der Waals surface area contributed by atoms with Crippen molar-refractivity contribution in [1.29, 1.82) is 0 Å². The highest BCUT2D eigenvalue weighted by molar-refractivity contribution is 7.98. The van der Waals surface area contributed by atoms with Gasteiger partial charge >= 0.3 is 12.0 Å². The van der Waals surface area contributed by atoms with Crippen LogP contribution >= 0.6 is 11.8 Å². The summed E-state index contributed by atoms with van der Waals surface area (Å²) in [6.07, 6.45) is 0.451. The quantitative estimate of drug-likeness (QED) is 0.683. The van der Waals surface area contributed by atoms with Crippen LogP contribution in [0.15, 0.2) is 47.5 Å². The molecule has 3 N–H and O–H groups in total. The molecule has 0 aliphatic heterocycles. The predicted molar refractivity (Wildman–Crippen MR) is 107 cm³/mol. The number of carboxylic acid groups (broad SMARTS) is 1. The number of imide groups is 1. The van der Waals surface area contributed by atoms with Gasteiger partial charge in [-0.2, -0.15) is 0 Å². The summed E-state index contributed by atoms with van der Waals surface area (Å²) in [6, 6.07) is 11.6. The summed E-state index contributed by atoms with van der Waals surface area (Å²) in [5.41, 5.74) is 5.03. The number of hydrogen-bond donors (Lipinski definition) is 2. The van der Waals surface area contributed by atoms with Gasteiger partial charge in [-0.3, -0.25) is 9.69 Å². The minimum atomic E-state index is -1.30. The van der Waals surface area contributed by atoms with Gasteiger partial charge in [0, 0.05) is 11.3 Å². The zero-order chi connectivity index (χ0) is 20.9. The fraction of sp³-hybridized carbons (Fsp3) is 0.300. The molecule has 0 unspecified atom stereocenters. The van der Waals surface area contributed by atoms with Gasteiger partial charge in [-0.1, -0.05) is 37.3 Å². The first kappa shape index (κ1) is 21.4. The molecule has 8 heteroatoms. The topological polar surface area (TPSA) is 114 Å². The summed E-state index contributed by atoms with van der Waals surface area (Å²) in [5, 5.41) is 9.94. The first-order chi connectivity index (χ1) is 13.2. The van der Waals surface area contributed by atoms with Crippen LogP contribution in [0.1, 0.15) is 53.6 Å². The number of carbonyl (C=O) groups excluding carboxylic acids is 2. The third kappa shape index (κ3) is 4.89. The number of amides is 3. The number of aromatic carboxylic acids is 1. The fourth-order valence-corrected chi connectivity index (χ4v) is 3.35. The molecule has 0 atom stereocenters.